The van der Waals surface area contributed by atoms with Gasteiger partial charge < -0.3 is 121 Å². The fourth-order valence-corrected chi connectivity index (χ4v) is 17.7. The minimum Gasteiger partial charge on any atom is -0.495 e. The first-order valence-electron chi connectivity index (χ1n) is 42.0. The van der Waals surface area contributed by atoms with Gasteiger partial charge in [-0.05, 0) is 70.3 Å². The van der Waals surface area contributed by atoms with E-state index in [0.29, 0.717) is 141 Å². The van der Waals surface area contributed by atoms with Crippen molar-refractivity contribution in [3.8, 4) is 29.3 Å². The Kier molecular flexibility index (Phi) is 39.5. The molecule has 11 heterocycles. The van der Waals surface area contributed by atoms with Gasteiger partial charge in [0.05, 0.1) is 138 Å². The molecule has 5 unspecified atom stereocenters. The molecule has 0 fully saturated rings. The van der Waals surface area contributed by atoms with Crippen molar-refractivity contribution in [3.05, 3.63) is 207 Å². The maximum Gasteiger partial charge on any atom is 0.280 e. The van der Waals surface area contributed by atoms with Crippen molar-refractivity contribution in [3.63, 3.8) is 0 Å². The minimum atomic E-state index is -2.98. The van der Waals surface area contributed by atoms with E-state index in [1.807, 2.05) is 48.5 Å². The van der Waals surface area contributed by atoms with E-state index >= 15 is 0 Å². The van der Waals surface area contributed by atoms with E-state index in [4.69, 9.17) is 122 Å². The first-order valence-corrected chi connectivity index (χ1v) is 54.0. The van der Waals surface area contributed by atoms with Crippen LogP contribution in [-0.2, 0) is 135 Å². The maximum atomic E-state index is 13.2. The molecular weight excluding hydrogens is 1950 g/mol. The highest BCUT2D eigenvalue weighted by molar-refractivity contribution is 7.59. The molecule has 11 aromatic heterocycles. The van der Waals surface area contributed by atoms with Crippen LogP contribution in [0.5, 0.6) is 29.3 Å². The lowest BCUT2D eigenvalue weighted by molar-refractivity contribution is 0.153. The lowest BCUT2D eigenvalue weighted by Gasteiger charge is -2.15. The van der Waals surface area contributed by atoms with Crippen LogP contribution in [0.15, 0.2) is 158 Å². The predicted molar refractivity (Wildman–Crippen MR) is 520 cm³/mol. The number of aromatic amines is 1. The van der Waals surface area contributed by atoms with Crippen LogP contribution in [-0.4, -0.2) is 236 Å². The fraction of sp³-hybridized carbons (Fsp3) is 0.357. The van der Waals surface area contributed by atoms with Gasteiger partial charge in [0.15, 0.2) is 55.8 Å². The van der Waals surface area contributed by atoms with Gasteiger partial charge >= 0.3 is 0 Å². The molecule has 744 valence electrons. The second kappa shape index (κ2) is 51.1. The Morgan fingerprint density at radius 3 is 1.02 bits per heavy atom. The van der Waals surface area contributed by atoms with E-state index in [-0.39, 0.29) is 131 Å². The highest BCUT2D eigenvalue weighted by Gasteiger charge is 2.25. The fourth-order valence-electron chi connectivity index (χ4n) is 12.4. The van der Waals surface area contributed by atoms with E-state index in [0.717, 1.165) is 22.3 Å². The second-order valence-corrected chi connectivity index (χ2v) is 44.1. The summed E-state index contributed by atoms with van der Waals surface area (Å²) in [5.41, 5.74) is 36.8. The molecule has 47 nitrogen and oxygen atoms in total. The Balaban J connectivity index is 0.000000166. The number of aromatic nitrogens is 21. The maximum absolute atomic E-state index is 13.2. The van der Waals surface area contributed by atoms with Gasteiger partial charge in [-0.2, -0.15) is 44.9 Å². The standard InChI is InChI=1S/C18H23ClN5O5P.C17H21ClN5O4P.C17H21FN5O4P.C16H21N6O4P.C16H20N5O4P/c1-26-14-5-4-12(8-13(14)19)9-29-30(3,25)11-28-7-6-24-10-21-15-16(24)22-18(20)23-17(15)27-2;2*1-25-16-14-15(21-17(19)22-16)23(10-20-14)6-7-26-11-28(2,24)27-9-12-4-3-5-13(18)8-12;1-24-15-13-14(20-16(17)21-15)22(10-19-13)6-7-25-11-27(2,23)26-9-12-4-3-5-18-8-12;1-26(23,25-9-12-5-3-2-4-6-12)11-24-8-7-21-10-18-13-14(21)19-16(17)20-15(13)22/h4-5,8,10H,6-7,9,11H2,1-3H3,(H2,20,22,23);2*3-5,8,10H,6-7,9,11H2,1-2H3,(H2,19,21,22);3-5,8,10H,6-7,9,11H2,1-2H3,(H2,17,20,21);2-6,10H,7-9,11H2,1H3,(H3,17,19,20,22). The average Bonchev–Trinajstić information content (AvgIpc) is 1.68. The zero-order valence-corrected chi connectivity index (χ0v) is 83.3. The number of anilines is 5. The van der Waals surface area contributed by atoms with Gasteiger partial charge in [0.1, 0.15) is 43.3 Å². The Labute approximate surface area is 805 Å². The number of rotatable bonds is 45. The second-order valence-electron chi connectivity index (χ2n) is 30.6. The van der Waals surface area contributed by atoms with Gasteiger partial charge in [-0.3, -0.25) is 37.6 Å². The lowest BCUT2D eigenvalue weighted by atomic mass is 10.2. The molecule has 0 saturated carbocycles. The molecule has 0 radical (unpaired) electrons. The van der Waals surface area contributed by atoms with Gasteiger partial charge in [-0.25, -0.2) is 29.3 Å². The Bertz CT molecular complexity index is 6760. The number of nitrogen functional groups attached to an aromatic ring is 5. The van der Waals surface area contributed by atoms with Crippen LogP contribution in [0, 0.1) is 5.82 Å². The predicted octanol–water partition coefficient (Wildman–Crippen LogP) is 12.7. The number of imidazole rings is 5. The molecule has 0 aliphatic carbocycles. The number of pyridine rings is 1. The smallest absolute Gasteiger partial charge is 0.280 e. The molecule has 0 amide bonds. The number of benzene rings is 4. The van der Waals surface area contributed by atoms with Gasteiger partial charge in [0.2, 0.25) is 90.1 Å². The summed E-state index contributed by atoms with van der Waals surface area (Å²) in [7, 11) is -7.09. The number of hydrogen-bond donors (Lipinski definition) is 6. The number of nitrogens with zero attached hydrogens (tertiary/aromatic N) is 20. The zero-order chi connectivity index (χ0) is 99.9. The third kappa shape index (κ3) is 33.0. The number of hydrogen-bond acceptors (Lipinski definition) is 41. The summed E-state index contributed by atoms with van der Waals surface area (Å²) in [5, 5.41) is 1.08. The minimum absolute atomic E-state index is 0.000634. The molecule has 5 atom stereocenters. The molecule has 139 heavy (non-hydrogen) atoms. The van der Waals surface area contributed by atoms with Crippen molar-refractivity contribution in [2.45, 2.75) is 65.8 Å². The third-order valence-corrected chi connectivity index (χ3v) is 26.3. The summed E-state index contributed by atoms with van der Waals surface area (Å²) in [6.45, 7) is 12.2. The molecule has 0 spiro atoms. The van der Waals surface area contributed by atoms with Gasteiger partial charge in [-0.1, -0.05) is 89.9 Å². The van der Waals surface area contributed by atoms with E-state index in [1.165, 1.54) is 60.2 Å². The Morgan fingerprint density at radius 1 is 0.360 bits per heavy atom. The summed E-state index contributed by atoms with van der Waals surface area (Å²) >= 11 is 12.0. The van der Waals surface area contributed by atoms with Crippen molar-refractivity contribution in [2.75, 3.05) is 162 Å². The van der Waals surface area contributed by atoms with Crippen LogP contribution >= 0.6 is 60.0 Å². The van der Waals surface area contributed by atoms with E-state index < -0.39 is 36.8 Å². The van der Waals surface area contributed by atoms with E-state index in [2.05, 4.69) is 79.7 Å². The van der Waals surface area contributed by atoms with E-state index in [1.54, 1.807) is 136 Å². The van der Waals surface area contributed by atoms with Crippen molar-refractivity contribution in [2.24, 2.45) is 0 Å². The van der Waals surface area contributed by atoms with Gasteiger partial charge in [0.25, 0.3) is 5.56 Å². The van der Waals surface area contributed by atoms with Crippen LogP contribution in [0.2, 0.25) is 10.0 Å². The average molecular weight is 2060 g/mol. The summed E-state index contributed by atoms with van der Waals surface area (Å²) < 4.78 is 165. The van der Waals surface area contributed by atoms with Crippen LogP contribution < -0.4 is 57.9 Å². The molecule has 15 aromatic rings. The number of halogens is 3. The molecule has 15 rings (SSSR count). The first-order chi connectivity index (χ1) is 66.5. The molecule has 0 aliphatic rings. The zero-order valence-electron chi connectivity index (χ0n) is 77.4. The molecule has 0 saturated heterocycles. The normalized spacial score (nSPS) is 13.5. The quantitative estimate of drug-likeness (QED) is 0.0152. The summed E-state index contributed by atoms with van der Waals surface area (Å²) in [4.78, 5) is 75.8. The van der Waals surface area contributed by atoms with Crippen LogP contribution in [0.1, 0.15) is 27.8 Å². The monoisotopic (exact) mass is 2060 g/mol. The molecule has 0 bridgehead atoms. The highest BCUT2D eigenvalue weighted by Crippen LogP contribution is 2.47. The topological polar surface area (TPSA) is 605 Å². The number of nitrogens with one attached hydrogen (secondary N) is 1. The van der Waals surface area contributed by atoms with Crippen molar-refractivity contribution in [1.29, 1.82) is 0 Å². The summed E-state index contributed by atoms with van der Waals surface area (Å²) in [6.07, 6.45) is 11.2. The molecular formula is C84H106Cl2FN26O21P5. The van der Waals surface area contributed by atoms with E-state index in [9.17, 15) is 32.0 Å². The first kappa shape index (κ1) is 107. The highest BCUT2D eigenvalue weighted by atomic mass is 35.5. The van der Waals surface area contributed by atoms with Crippen molar-refractivity contribution >= 4 is 146 Å². The molecule has 11 N–H and O–H groups in total. The van der Waals surface area contributed by atoms with Crippen molar-refractivity contribution < 1.29 is 97.2 Å². The molecule has 4 aromatic carbocycles. The number of ether oxygens (including phenoxy) is 10. The number of fused-ring (bicyclic) bond motifs is 5. The lowest BCUT2D eigenvalue weighted by Crippen LogP contribution is -2.13. The van der Waals surface area contributed by atoms with Gasteiger partial charge in [-0.15, -0.1) is 0 Å². The Morgan fingerprint density at radius 2 is 0.683 bits per heavy atom. The van der Waals surface area contributed by atoms with Crippen LogP contribution in [0.4, 0.5) is 34.1 Å². The number of nitrogens with two attached hydrogens (primary N) is 5. The van der Waals surface area contributed by atoms with Gasteiger partial charge in [0, 0.05) is 83.5 Å². The largest absolute Gasteiger partial charge is 0.495 e. The SMILES string of the molecule is COc1ccc(COP(C)(=O)COCCn2cnc3c(OC)nc(N)nc32)cc1Cl.COc1nc(N)nc2c1ncn2CCOCP(C)(=O)OCc1cccc(Cl)c1.COc1nc(N)nc2c1ncn2CCOCP(C)(=O)OCc1cccc(F)c1.COc1nc(N)nc2c1ncn2CCOCP(C)(=O)OCc1cccnc1.CP(=O)(COCCn1cnc2c(=O)[nH]c(N)nc21)OCc1ccccc1. The van der Waals surface area contributed by atoms with Crippen molar-refractivity contribution in [1.82, 2.24) is 103 Å². The third-order valence-electron chi connectivity index (χ3n) is 19.2. The van der Waals surface area contributed by atoms with Crippen LogP contribution in [0.3, 0.4) is 0 Å². The number of methoxy groups -OCH3 is 5. The summed E-state index contributed by atoms with van der Waals surface area (Å²) in [6, 6.07) is 31.6. The number of H-pyrrole nitrogens is 1. The van der Waals surface area contributed by atoms with Crippen LogP contribution in [0.25, 0.3) is 55.8 Å². The summed E-state index contributed by atoms with van der Waals surface area (Å²) in [5.74, 6) is 1.84. The molecule has 0 aliphatic heterocycles. The molecule has 55 heteroatoms. The Hall–Kier alpha value is -12.2.